The molecule has 0 aromatic heterocycles. The first-order valence-electron chi connectivity index (χ1n) is 6.17. The normalized spacial score (nSPS) is 13.6. The van der Waals surface area contributed by atoms with Crippen LogP contribution in [0.5, 0.6) is 11.5 Å². The Kier molecular flexibility index (Phi) is 4.20. The van der Waals surface area contributed by atoms with Gasteiger partial charge < -0.3 is 14.2 Å². The van der Waals surface area contributed by atoms with Crippen molar-refractivity contribution in [1.82, 2.24) is 0 Å². The highest BCUT2D eigenvalue weighted by atomic mass is 16.5. The van der Waals surface area contributed by atoms with E-state index in [1.54, 1.807) is 18.2 Å². The monoisotopic (exact) mass is 250 g/mol. The van der Waals surface area contributed by atoms with E-state index < -0.39 is 0 Å². The molecule has 0 atom stereocenters. The highest BCUT2D eigenvalue weighted by molar-refractivity contribution is 6.02. The Labute approximate surface area is 107 Å². The largest absolute Gasteiger partial charge is 0.491 e. The standard InChI is InChI=1S/C14H18O4/c1-10(2)8-16-5-6-17-11-3-4-12-13(15)9-18-14(12)7-11/h3-4,7,10H,5-6,8-9H2,1-2H3. The van der Waals surface area contributed by atoms with Crippen LogP contribution in [-0.2, 0) is 4.74 Å². The van der Waals surface area contributed by atoms with E-state index in [9.17, 15) is 4.79 Å². The minimum absolute atomic E-state index is 0.0248. The van der Waals surface area contributed by atoms with Gasteiger partial charge in [0.05, 0.1) is 12.2 Å². The Morgan fingerprint density at radius 2 is 2.17 bits per heavy atom. The van der Waals surface area contributed by atoms with E-state index in [4.69, 9.17) is 14.2 Å². The lowest BCUT2D eigenvalue weighted by molar-refractivity contribution is 0.0818. The molecule has 1 aliphatic rings. The van der Waals surface area contributed by atoms with Gasteiger partial charge in [0.2, 0.25) is 5.78 Å². The fourth-order valence-electron chi connectivity index (χ4n) is 1.70. The molecule has 18 heavy (non-hydrogen) atoms. The molecule has 1 heterocycles. The van der Waals surface area contributed by atoms with Crippen molar-refractivity contribution in [2.24, 2.45) is 5.92 Å². The van der Waals surface area contributed by atoms with E-state index >= 15 is 0 Å². The second kappa shape index (κ2) is 5.87. The summed E-state index contributed by atoms with van der Waals surface area (Å²) in [6, 6.07) is 5.28. The quantitative estimate of drug-likeness (QED) is 0.727. The number of fused-ring (bicyclic) bond motifs is 1. The summed E-state index contributed by atoms with van der Waals surface area (Å²) in [7, 11) is 0. The summed E-state index contributed by atoms with van der Waals surface area (Å²) < 4.78 is 16.2. The maximum absolute atomic E-state index is 11.4. The zero-order valence-corrected chi connectivity index (χ0v) is 10.8. The van der Waals surface area contributed by atoms with Gasteiger partial charge in [-0.15, -0.1) is 0 Å². The molecule has 98 valence electrons. The number of ether oxygens (including phenoxy) is 3. The molecular formula is C14H18O4. The number of hydrogen-bond donors (Lipinski definition) is 0. The number of hydrogen-bond acceptors (Lipinski definition) is 4. The van der Waals surface area contributed by atoms with Crippen molar-refractivity contribution in [3.05, 3.63) is 23.8 Å². The molecule has 0 amide bonds. The smallest absolute Gasteiger partial charge is 0.203 e. The third-order valence-corrected chi connectivity index (χ3v) is 2.56. The molecule has 0 spiro atoms. The number of carbonyl (C=O) groups is 1. The van der Waals surface area contributed by atoms with E-state index in [-0.39, 0.29) is 12.4 Å². The average molecular weight is 250 g/mol. The Balaban J connectivity index is 1.79. The van der Waals surface area contributed by atoms with Crippen LogP contribution in [0.1, 0.15) is 24.2 Å². The summed E-state index contributed by atoms with van der Waals surface area (Å²) >= 11 is 0. The van der Waals surface area contributed by atoms with Crippen molar-refractivity contribution in [3.8, 4) is 11.5 Å². The second-order valence-electron chi connectivity index (χ2n) is 4.69. The summed E-state index contributed by atoms with van der Waals surface area (Å²) in [5, 5.41) is 0. The van der Waals surface area contributed by atoms with Crippen LogP contribution in [0.25, 0.3) is 0 Å². The SMILES string of the molecule is CC(C)COCCOc1ccc2c(c1)OCC2=O. The van der Waals surface area contributed by atoms with Gasteiger partial charge in [0, 0.05) is 12.7 Å². The van der Waals surface area contributed by atoms with Crippen LogP contribution in [0.15, 0.2) is 18.2 Å². The first-order chi connectivity index (χ1) is 8.66. The minimum Gasteiger partial charge on any atom is -0.491 e. The zero-order valence-electron chi connectivity index (χ0n) is 10.8. The van der Waals surface area contributed by atoms with Gasteiger partial charge in [-0.2, -0.15) is 0 Å². The fraction of sp³-hybridized carbons (Fsp3) is 0.500. The number of benzene rings is 1. The van der Waals surface area contributed by atoms with Crippen molar-refractivity contribution in [2.75, 3.05) is 26.4 Å². The van der Waals surface area contributed by atoms with E-state index in [0.717, 1.165) is 6.61 Å². The summed E-state index contributed by atoms with van der Waals surface area (Å²) in [6.45, 7) is 6.15. The fourth-order valence-corrected chi connectivity index (χ4v) is 1.70. The van der Waals surface area contributed by atoms with Crippen LogP contribution in [-0.4, -0.2) is 32.2 Å². The van der Waals surface area contributed by atoms with Gasteiger partial charge in [-0.25, -0.2) is 0 Å². The number of carbonyl (C=O) groups excluding carboxylic acids is 1. The third kappa shape index (κ3) is 3.23. The number of rotatable bonds is 6. The van der Waals surface area contributed by atoms with Crippen LogP contribution in [0.2, 0.25) is 0 Å². The Bertz CT molecular complexity index is 426. The lowest BCUT2D eigenvalue weighted by Crippen LogP contribution is -2.10. The van der Waals surface area contributed by atoms with Gasteiger partial charge >= 0.3 is 0 Å². The molecule has 0 radical (unpaired) electrons. The predicted octanol–water partition coefficient (Wildman–Crippen LogP) is 2.31. The van der Waals surface area contributed by atoms with Crippen molar-refractivity contribution >= 4 is 5.78 Å². The van der Waals surface area contributed by atoms with E-state index in [1.165, 1.54) is 0 Å². The van der Waals surface area contributed by atoms with E-state index in [0.29, 0.717) is 36.2 Å². The van der Waals surface area contributed by atoms with E-state index in [2.05, 4.69) is 13.8 Å². The molecule has 1 aliphatic heterocycles. The van der Waals surface area contributed by atoms with Crippen LogP contribution >= 0.6 is 0 Å². The molecule has 0 saturated carbocycles. The van der Waals surface area contributed by atoms with Crippen LogP contribution in [0.4, 0.5) is 0 Å². The second-order valence-corrected chi connectivity index (χ2v) is 4.69. The Morgan fingerprint density at radius 1 is 1.33 bits per heavy atom. The van der Waals surface area contributed by atoms with Crippen molar-refractivity contribution in [1.29, 1.82) is 0 Å². The molecule has 0 aliphatic carbocycles. The third-order valence-electron chi connectivity index (χ3n) is 2.56. The van der Waals surface area contributed by atoms with Gasteiger partial charge in [0.1, 0.15) is 18.1 Å². The van der Waals surface area contributed by atoms with Gasteiger partial charge in [-0.05, 0) is 18.1 Å². The summed E-state index contributed by atoms with van der Waals surface area (Å²) in [6.07, 6.45) is 0. The minimum atomic E-state index is 0.0248. The molecule has 2 rings (SSSR count). The molecule has 0 N–H and O–H groups in total. The molecule has 1 aromatic carbocycles. The van der Waals surface area contributed by atoms with Crippen molar-refractivity contribution < 1.29 is 19.0 Å². The maximum atomic E-state index is 11.4. The molecule has 0 saturated heterocycles. The van der Waals surface area contributed by atoms with Gasteiger partial charge in [0.15, 0.2) is 6.61 Å². The Morgan fingerprint density at radius 3 is 2.94 bits per heavy atom. The van der Waals surface area contributed by atoms with Gasteiger partial charge in [-0.1, -0.05) is 13.8 Å². The van der Waals surface area contributed by atoms with Crippen LogP contribution in [0, 0.1) is 5.92 Å². The molecule has 4 heteroatoms. The highest BCUT2D eigenvalue weighted by Crippen LogP contribution is 2.29. The molecule has 0 unspecified atom stereocenters. The van der Waals surface area contributed by atoms with Gasteiger partial charge in [0.25, 0.3) is 0 Å². The zero-order chi connectivity index (χ0) is 13.0. The Hall–Kier alpha value is -1.55. The first-order valence-corrected chi connectivity index (χ1v) is 6.17. The van der Waals surface area contributed by atoms with Crippen molar-refractivity contribution in [2.45, 2.75) is 13.8 Å². The first kappa shape index (κ1) is 12.9. The maximum Gasteiger partial charge on any atom is 0.203 e. The predicted molar refractivity (Wildman–Crippen MR) is 67.4 cm³/mol. The molecule has 4 nitrogen and oxygen atoms in total. The van der Waals surface area contributed by atoms with Gasteiger partial charge in [-0.3, -0.25) is 4.79 Å². The lowest BCUT2D eigenvalue weighted by atomic mass is 10.1. The molecular weight excluding hydrogens is 232 g/mol. The molecule has 0 fully saturated rings. The average Bonchev–Trinajstić information content (AvgIpc) is 2.70. The van der Waals surface area contributed by atoms with E-state index in [1.807, 2.05) is 0 Å². The summed E-state index contributed by atoms with van der Waals surface area (Å²) in [5.41, 5.74) is 0.637. The number of Topliss-reactive ketones (excluding diaryl/α,β-unsaturated/α-hetero) is 1. The lowest BCUT2D eigenvalue weighted by Gasteiger charge is -2.09. The molecule has 1 aromatic rings. The van der Waals surface area contributed by atoms with Crippen LogP contribution in [0.3, 0.4) is 0 Å². The highest BCUT2D eigenvalue weighted by Gasteiger charge is 2.21. The topological polar surface area (TPSA) is 44.8 Å². The summed E-state index contributed by atoms with van der Waals surface area (Å²) in [4.78, 5) is 11.4. The van der Waals surface area contributed by atoms with Crippen molar-refractivity contribution in [3.63, 3.8) is 0 Å². The number of ketones is 1. The molecule has 0 bridgehead atoms. The summed E-state index contributed by atoms with van der Waals surface area (Å²) in [5.74, 6) is 1.87. The van der Waals surface area contributed by atoms with Crippen LogP contribution < -0.4 is 9.47 Å².